The van der Waals surface area contributed by atoms with Crippen LogP contribution in [0.15, 0.2) is 10.5 Å². The molecule has 2 nitrogen and oxygen atoms in total. The van der Waals surface area contributed by atoms with Crippen LogP contribution in [0.4, 0.5) is 5.88 Å². The van der Waals surface area contributed by atoms with E-state index in [1.54, 1.807) is 0 Å². The minimum Gasteiger partial charge on any atom is -0.445 e. The maximum atomic E-state index is 5.89. The van der Waals surface area contributed by atoms with Crippen LogP contribution in [0.25, 0.3) is 0 Å². The lowest BCUT2D eigenvalue weighted by Crippen LogP contribution is -2.20. The Morgan fingerprint density at radius 2 is 1.87 bits per heavy atom. The van der Waals surface area contributed by atoms with Crippen LogP contribution in [0.5, 0.6) is 0 Å². The molecule has 0 aromatic carbocycles. The maximum absolute atomic E-state index is 5.89. The van der Waals surface area contributed by atoms with Gasteiger partial charge in [0.15, 0.2) is 5.88 Å². The number of rotatable bonds is 6. The topological polar surface area (TPSA) is 16.4 Å². The predicted octanol–water partition coefficient (Wildman–Crippen LogP) is 3.78. The Morgan fingerprint density at radius 1 is 1.20 bits per heavy atom. The first kappa shape index (κ1) is 12.2. The molecule has 1 heterocycles. The lowest BCUT2D eigenvalue weighted by Gasteiger charge is -2.16. The van der Waals surface area contributed by atoms with Crippen LogP contribution in [-0.2, 0) is 6.42 Å². The summed E-state index contributed by atoms with van der Waals surface area (Å²) in [6.07, 6.45) is 3.51. The first-order valence-corrected chi connectivity index (χ1v) is 6.07. The Hall–Kier alpha value is -0.920. The molecule has 15 heavy (non-hydrogen) atoms. The second-order valence-corrected chi connectivity index (χ2v) is 3.97. The first-order chi connectivity index (χ1) is 7.22. The van der Waals surface area contributed by atoms with Gasteiger partial charge in [-0.05, 0) is 32.8 Å². The van der Waals surface area contributed by atoms with E-state index in [9.17, 15) is 0 Å². The van der Waals surface area contributed by atoms with Gasteiger partial charge in [-0.1, -0.05) is 13.3 Å². The van der Waals surface area contributed by atoms with E-state index in [1.807, 2.05) is 0 Å². The molecule has 0 saturated heterocycles. The average molecular weight is 209 g/mol. The number of anilines is 1. The van der Waals surface area contributed by atoms with Crippen molar-refractivity contribution in [2.45, 2.75) is 47.0 Å². The molecule has 1 aromatic rings. The third-order valence-electron chi connectivity index (χ3n) is 2.84. The zero-order valence-electron chi connectivity index (χ0n) is 10.5. The van der Waals surface area contributed by atoms with Crippen LogP contribution in [0, 0.1) is 6.92 Å². The molecular weight excluding hydrogens is 186 g/mol. The van der Waals surface area contributed by atoms with E-state index in [1.165, 1.54) is 24.2 Å². The Morgan fingerprint density at radius 3 is 2.40 bits per heavy atom. The van der Waals surface area contributed by atoms with Gasteiger partial charge in [-0.15, -0.1) is 0 Å². The molecule has 0 spiro atoms. The highest BCUT2D eigenvalue weighted by molar-refractivity contribution is 5.40. The quantitative estimate of drug-likeness (QED) is 0.709. The van der Waals surface area contributed by atoms with Crippen molar-refractivity contribution in [3.8, 4) is 0 Å². The third kappa shape index (κ3) is 3.01. The van der Waals surface area contributed by atoms with Crippen molar-refractivity contribution >= 4 is 5.88 Å². The van der Waals surface area contributed by atoms with Gasteiger partial charge in [-0.3, -0.25) is 0 Å². The fraction of sp³-hybridized carbons (Fsp3) is 0.692. The number of nitrogens with zero attached hydrogens (tertiary/aromatic N) is 1. The molecule has 0 fully saturated rings. The minimum absolute atomic E-state index is 1.01. The Balaban J connectivity index is 2.75. The summed E-state index contributed by atoms with van der Waals surface area (Å²) in [5, 5.41) is 0. The van der Waals surface area contributed by atoms with Crippen LogP contribution < -0.4 is 4.90 Å². The van der Waals surface area contributed by atoms with Crippen LogP contribution in [-0.4, -0.2) is 13.1 Å². The molecule has 0 N–H and O–H groups in total. The van der Waals surface area contributed by atoms with E-state index in [4.69, 9.17) is 4.42 Å². The number of aryl methyl sites for hydroxylation is 2. The van der Waals surface area contributed by atoms with Crippen molar-refractivity contribution in [2.24, 2.45) is 0 Å². The zero-order valence-corrected chi connectivity index (χ0v) is 10.5. The molecule has 0 bridgehead atoms. The highest BCUT2D eigenvalue weighted by Gasteiger charge is 2.10. The number of hydrogen-bond acceptors (Lipinski definition) is 2. The van der Waals surface area contributed by atoms with Gasteiger partial charge in [0.1, 0.15) is 5.76 Å². The average Bonchev–Trinajstić information content (AvgIpc) is 2.59. The Labute approximate surface area is 93.3 Å². The van der Waals surface area contributed by atoms with Crippen molar-refractivity contribution in [1.82, 2.24) is 0 Å². The van der Waals surface area contributed by atoms with Crippen LogP contribution >= 0.6 is 0 Å². The Kier molecular flexibility index (Phi) is 4.73. The monoisotopic (exact) mass is 209 g/mol. The molecule has 1 aromatic heterocycles. The third-order valence-corrected chi connectivity index (χ3v) is 2.84. The molecule has 0 aliphatic heterocycles. The molecule has 1 rings (SSSR count). The molecule has 0 saturated carbocycles. The SMILES string of the molecule is CCCCc1oc(N(CC)CC)cc1C. The van der Waals surface area contributed by atoms with E-state index in [0.29, 0.717) is 0 Å². The lowest BCUT2D eigenvalue weighted by atomic mass is 10.1. The Bertz CT molecular complexity index is 287. The number of furan rings is 1. The van der Waals surface area contributed by atoms with E-state index >= 15 is 0 Å². The summed E-state index contributed by atoms with van der Waals surface area (Å²) in [6, 6.07) is 2.16. The van der Waals surface area contributed by atoms with Crippen molar-refractivity contribution in [1.29, 1.82) is 0 Å². The second kappa shape index (κ2) is 5.84. The summed E-state index contributed by atoms with van der Waals surface area (Å²) in [6.45, 7) is 10.7. The minimum atomic E-state index is 1.01. The smallest absolute Gasteiger partial charge is 0.195 e. The second-order valence-electron chi connectivity index (χ2n) is 3.97. The highest BCUT2D eigenvalue weighted by atomic mass is 16.4. The van der Waals surface area contributed by atoms with Crippen LogP contribution in [0.2, 0.25) is 0 Å². The first-order valence-electron chi connectivity index (χ1n) is 6.07. The molecule has 0 unspecified atom stereocenters. The number of hydrogen-bond donors (Lipinski definition) is 0. The number of unbranched alkanes of at least 4 members (excludes halogenated alkanes) is 1. The molecule has 0 amide bonds. The summed E-state index contributed by atoms with van der Waals surface area (Å²) in [5.74, 6) is 2.20. The van der Waals surface area contributed by atoms with Gasteiger partial charge in [0, 0.05) is 25.6 Å². The van der Waals surface area contributed by atoms with E-state index in [2.05, 4.69) is 38.7 Å². The van der Waals surface area contributed by atoms with Gasteiger partial charge >= 0.3 is 0 Å². The van der Waals surface area contributed by atoms with E-state index < -0.39 is 0 Å². The molecule has 2 heteroatoms. The fourth-order valence-corrected chi connectivity index (χ4v) is 1.78. The summed E-state index contributed by atoms with van der Waals surface area (Å²) in [5.41, 5.74) is 1.30. The lowest BCUT2D eigenvalue weighted by molar-refractivity contribution is 0.490. The fourth-order valence-electron chi connectivity index (χ4n) is 1.78. The normalized spacial score (nSPS) is 10.7. The zero-order chi connectivity index (χ0) is 11.3. The molecular formula is C13H23NO. The van der Waals surface area contributed by atoms with Gasteiger partial charge in [-0.25, -0.2) is 0 Å². The van der Waals surface area contributed by atoms with Gasteiger partial charge in [-0.2, -0.15) is 0 Å². The molecule has 0 aliphatic rings. The highest BCUT2D eigenvalue weighted by Crippen LogP contribution is 2.24. The standard InChI is InChI=1S/C13H23NO/c1-5-8-9-12-11(4)10-13(15-12)14(6-2)7-3/h10H,5-9H2,1-4H3. The van der Waals surface area contributed by atoms with Gasteiger partial charge < -0.3 is 9.32 Å². The van der Waals surface area contributed by atoms with Gasteiger partial charge in [0.25, 0.3) is 0 Å². The van der Waals surface area contributed by atoms with Crippen LogP contribution in [0.1, 0.15) is 44.9 Å². The summed E-state index contributed by atoms with van der Waals surface area (Å²) in [4.78, 5) is 2.25. The molecule has 0 radical (unpaired) electrons. The molecule has 0 atom stereocenters. The summed E-state index contributed by atoms with van der Waals surface area (Å²) in [7, 11) is 0. The van der Waals surface area contributed by atoms with Crippen molar-refractivity contribution in [2.75, 3.05) is 18.0 Å². The maximum Gasteiger partial charge on any atom is 0.195 e. The largest absolute Gasteiger partial charge is 0.445 e. The van der Waals surface area contributed by atoms with Crippen molar-refractivity contribution in [3.05, 3.63) is 17.4 Å². The van der Waals surface area contributed by atoms with Crippen LogP contribution in [0.3, 0.4) is 0 Å². The summed E-state index contributed by atoms with van der Waals surface area (Å²) < 4.78 is 5.89. The molecule has 86 valence electrons. The predicted molar refractivity (Wildman–Crippen MR) is 65.6 cm³/mol. The van der Waals surface area contributed by atoms with E-state index in [0.717, 1.165) is 25.4 Å². The van der Waals surface area contributed by atoms with E-state index in [-0.39, 0.29) is 0 Å². The van der Waals surface area contributed by atoms with Crippen molar-refractivity contribution in [3.63, 3.8) is 0 Å². The molecule has 0 aliphatic carbocycles. The van der Waals surface area contributed by atoms with Crippen molar-refractivity contribution < 1.29 is 4.42 Å². The van der Waals surface area contributed by atoms with Gasteiger partial charge in [0.2, 0.25) is 0 Å². The van der Waals surface area contributed by atoms with Gasteiger partial charge in [0.05, 0.1) is 0 Å². The summed E-state index contributed by atoms with van der Waals surface area (Å²) >= 11 is 0.